The van der Waals surface area contributed by atoms with Crippen molar-refractivity contribution < 1.29 is 9.90 Å². The van der Waals surface area contributed by atoms with Crippen LogP contribution in [0, 0.1) is 5.41 Å². The molecule has 1 atom stereocenters. The van der Waals surface area contributed by atoms with Gasteiger partial charge in [-0.15, -0.1) is 0 Å². The molecule has 3 nitrogen and oxygen atoms in total. The zero-order valence-corrected chi connectivity index (χ0v) is 14.0. The number of carbonyl (C=O) groups excluding carboxylic acids is 1. The van der Waals surface area contributed by atoms with E-state index in [0.717, 1.165) is 12.8 Å². The minimum atomic E-state index is -0.149. The van der Waals surface area contributed by atoms with Crippen LogP contribution in [-0.4, -0.2) is 23.7 Å². The van der Waals surface area contributed by atoms with Gasteiger partial charge in [0.1, 0.15) is 0 Å². The van der Waals surface area contributed by atoms with Crippen LogP contribution >= 0.6 is 0 Å². The van der Waals surface area contributed by atoms with Crippen molar-refractivity contribution in [3.63, 3.8) is 0 Å². The Kier molecular flexibility index (Phi) is 10.8. The molecule has 20 heavy (non-hydrogen) atoms. The second-order valence-electron chi connectivity index (χ2n) is 6.89. The van der Waals surface area contributed by atoms with Crippen molar-refractivity contribution in [2.45, 2.75) is 91.5 Å². The van der Waals surface area contributed by atoms with Crippen LogP contribution < -0.4 is 5.32 Å². The van der Waals surface area contributed by atoms with Crippen LogP contribution in [0.15, 0.2) is 0 Å². The maximum Gasteiger partial charge on any atom is 0.220 e. The number of amides is 1. The van der Waals surface area contributed by atoms with Crippen LogP contribution in [0.4, 0.5) is 0 Å². The minimum absolute atomic E-state index is 0.00662. The number of hydrogen-bond donors (Lipinski definition) is 2. The van der Waals surface area contributed by atoms with E-state index in [0.29, 0.717) is 6.42 Å². The van der Waals surface area contributed by atoms with Crippen LogP contribution in [0.1, 0.15) is 85.5 Å². The number of nitrogens with one attached hydrogen (secondary N) is 1. The van der Waals surface area contributed by atoms with Gasteiger partial charge in [0, 0.05) is 6.42 Å². The molecule has 0 aliphatic carbocycles. The van der Waals surface area contributed by atoms with Crippen LogP contribution in [0.5, 0.6) is 0 Å². The molecule has 120 valence electrons. The quantitative estimate of drug-likeness (QED) is 0.563. The summed E-state index contributed by atoms with van der Waals surface area (Å²) in [4.78, 5) is 11.8. The Morgan fingerprint density at radius 1 is 1.00 bits per heavy atom. The summed E-state index contributed by atoms with van der Waals surface area (Å²) >= 11 is 0. The largest absolute Gasteiger partial charge is 0.394 e. The lowest BCUT2D eigenvalue weighted by Crippen LogP contribution is -2.46. The molecule has 0 saturated carbocycles. The number of unbranched alkanes of at least 4 members (excludes halogenated alkanes) is 7. The summed E-state index contributed by atoms with van der Waals surface area (Å²) in [5.41, 5.74) is -0.0936. The molecule has 0 aromatic carbocycles. The Balaban J connectivity index is 3.58. The molecule has 0 heterocycles. The second kappa shape index (κ2) is 11.1. The van der Waals surface area contributed by atoms with Gasteiger partial charge in [-0.2, -0.15) is 0 Å². The first kappa shape index (κ1) is 19.4. The van der Waals surface area contributed by atoms with Crippen molar-refractivity contribution in [3.8, 4) is 0 Å². The van der Waals surface area contributed by atoms with Crippen LogP contribution in [0.2, 0.25) is 0 Å². The van der Waals surface area contributed by atoms with Gasteiger partial charge in [-0.3, -0.25) is 4.79 Å². The van der Waals surface area contributed by atoms with Gasteiger partial charge in [0.15, 0.2) is 0 Å². The molecule has 0 aliphatic heterocycles. The first-order valence-corrected chi connectivity index (χ1v) is 8.32. The standard InChI is InChI=1S/C17H35NO2/c1-5-6-7-8-9-10-11-12-13-16(20)18-15(14-19)17(2,3)4/h15,19H,5-14H2,1-4H3,(H,18,20)/t15-/m1/s1. The van der Waals surface area contributed by atoms with Crippen LogP contribution in [-0.2, 0) is 4.79 Å². The van der Waals surface area contributed by atoms with Crippen molar-refractivity contribution >= 4 is 5.91 Å². The van der Waals surface area contributed by atoms with Gasteiger partial charge in [0.25, 0.3) is 0 Å². The molecule has 0 bridgehead atoms. The van der Waals surface area contributed by atoms with Crippen molar-refractivity contribution in [1.82, 2.24) is 5.32 Å². The molecule has 0 aromatic rings. The summed E-state index contributed by atoms with van der Waals surface area (Å²) in [7, 11) is 0. The normalized spacial score (nSPS) is 13.2. The Morgan fingerprint density at radius 2 is 1.50 bits per heavy atom. The first-order chi connectivity index (χ1) is 9.41. The van der Waals surface area contributed by atoms with E-state index in [1.54, 1.807) is 0 Å². The molecule has 0 spiro atoms. The smallest absolute Gasteiger partial charge is 0.220 e. The topological polar surface area (TPSA) is 49.3 Å². The number of rotatable bonds is 11. The predicted octanol–water partition coefficient (Wildman–Crippen LogP) is 4.04. The van der Waals surface area contributed by atoms with Gasteiger partial charge < -0.3 is 10.4 Å². The fourth-order valence-electron chi connectivity index (χ4n) is 2.22. The van der Waals surface area contributed by atoms with Crippen LogP contribution in [0.25, 0.3) is 0 Å². The van der Waals surface area contributed by atoms with E-state index in [4.69, 9.17) is 0 Å². The zero-order chi connectivity index (χ0) is 15.4. The van der Waals surface area contributed by atoms with Gasteiger partial charge in [0.05, 0.1) is 12.6 Å². The molecule has 2 N–H and O–H groups in total. The van der Waals surface area contributed by atoms with Gasteiger partial charge in [-0.1, -0.05) is 72.6 Å². The first-order valence-electron chi connectivity index (χ1n) is 8.32. The summed E-state index contributed by atoms with van der Waals surface area (Å²) < 4.78 is 0. The third-order valence-corrected chi connectivity index (χ3v) is 3.82. The van der Waals surface area contributed by atoms with E-state index in [1.807, 2.05) is 20.8 Å². The van der Waals surface area contributed by atoms with Crippen molar-refractivity contribution in [1.29, 1.82) is 0 Å². The van der Waals surface area contributed by atoms with E-state index in [9.17, 15) is 9.90 Å². The van der Waals surface area contributed by atoms with E-state index in [-0.39, 0.29) is 24.0 Å². The molecular formula is C17H35NO2. The summed E-state index contributed by atoms with van der Waals surface area (Å²) in [6.45, 7) is 8.34. The Labute approximate surface area is 125 Å². The fraction of sp³-hybridized carbons (Fsp3) is 0.941. The summed E-state index contributed by atoms with van der Waals surface area (Å²) in [6.07, 6.45) is 10.5. The van der Waals surface area contributed by atoms with Crippen molar-refractivity contribution in [2.24, 2.45) is 5.41 Å². The van der Waals surface area contributed by atoms with Crippen LogP contribution in [0.3, 0.4) is 0 Å². The molecular weight excluding hydrogens is 250 g/mol. The summed E-state index contributed by atoms with van der Waals surface area (Å²) in [5.74, 6) is 0.0740. The maximum atomic E-state index is 11.8. The number of aliphatic hydroxyl groups is 1. The van der Waals surface area contributed by atoms with Gasteiger partial charge >= 0.3 is 0 Å². The molecule has 1 amide bonds. The van der Waals surface area contributed by atoms with Gasteiger partial charge in [-0.05, 0) is 11.8 Å². The molecule has 0 saturated heterocycles. The highest BCUT2D eigenvalue weighted by Crippen LogP contribution is 2.19. The third-order valence-electron chi connectivity index (χ3n) is 3.82. The van der Waals surface area contributed by atoms with E-state index < -0.39 is 0 Å². The lowest BCUT2D eigenvalue weighted by Gasteiger charge is -2.29. The second-order valence-corrected chi connectivity index (χ2v) is 6.89. The van der Waals surface area contributed by atoms with Crippen molar-refractivity contribution in [2.75, 3.05) is 6.61 Å². The highest BCUT2D eigenvalue weighted by Gasteiger charge is 2.24. The molecule has 0 fully saturated rings. The van der Waals surface area contributed by atoms with Gasteiger partial charge in [0.2, 0.25) is 5.91 Å². The zero-order valence-electron chi connectivity index (χ0n) is 14.0. The lowest BCUT2D eigenvalue weighted by molar-refractivity contribution is -0.123. The highest BCUT2D eigenvalue weighted by molar-refractivity contribution is 5.76. The lowest BCUT2D eigenvalue weighted by atomic mass is 9.87. The number of hydrogen-bond acceptors (Lipinski definition) is 2. The SMILES string of the molecule is CCCCCCCCCCC(=O)N[C@H](CO)C(C)(C)C. The maximum absolute atomic E-state index is 11.8. The van der Waals surface area contributed by atoms with E-state index in [1.165, 1.54) is 38.5 Å². The average molecular weight is 285 g/mol. The average Bonchev–Trinajstić information content (AvgIpc) is 2.37. The predicted molar refractivity (Wildman–Crippen MR) is 85.7 cm³/mol. The number of aliphatic hydroxyl groups excluding tert-OH is 1. The summed E-state index contributed by atoms with van der Waals surface area (Å²) in [6, 6.07) is -0.149. The Bertz CT molecular complexity index is 246. The highest BCUT2D eigenvalue weighted by atomic mass is 16.3. The van der Waals surface area contributed by atoms with Gasteiger partial charge in [-0.25, -0.2) is 0 Å². The third kappa shape index (κ3) is 10.2. The Hall–Kier alpha value is -0.570. The van der Waals surface area contributed by atoms with E-state index in [2.05, 4.69) is 12.2 Å². The monoisotopic (exact) mass is 285 g/mol. The minimum Gasteiger partial charge on any atom is -0.394 e. The molecule has 0 aliphatic rings. The Morgan fingerprint density at radius 3 is 1.95 bits per heavy atom. The summed E-state index contributed by atoms with van der Waals surface area (Å²) in [5, 5.41) is 12.2. The molecule has 0 unspecified atom stereocenters. The van der Waals surface area contributed by atoms with E-state index >= 15 is 0 Å². The molecule has 3 heteroatoms. The molecule has 0 radical (unpaired) electrons. The fourth-order valence-corrected chi connectivity index (χ4v) is 2.22. The van der Waals surface area contributed by atoms with Crippen molar-refractivity contribution in [3.05, 3.63) is 0 Å². The number of carbonyl (C=O) groups is 1. The molecule has 0 rings (SSSR count). The molecule has 0 aromatic heterocycles.